The number of hydrazine groups is 1. The van der Waals surface area contributed by atoms with Gasteiger partial charge >= 0.3 is 0 Å². The maximum Gasteiger partial charge on any atom is 0.271 e. The fourth-order valence-corrected chi connectivity index (χ4v) is 2.03. The van der Waals surface area contributed by atoms with Crippen LogP contribution < -0.4 is 10.9 Å². The molecule has 5 heteroatoms. The Morgan fingerprint density at radius 2 is 1.68 bits per heavy atom. The largest absolute Gasteiger partial charge is 0.271 e. The number of aryl methyl sites for hydroxylation is 1. The minimum absolute atomic E-state index is 0.298. The third-order valence-corrected chi connectivity index (χ3v) is 3.35. The van der Waals surface area contributed by atoms with E-state index in [1.165, 1.54) is 6.08 Å². The first-order valence-corrected chi connectivity index (χ1v) is 7.04. The highest BCUT2D eigenvalue weighted by Gasteiger charge is 2.09. The lowest BCUT2D eigenvalue weighted by Gasteiger charge is -2.06. The standard InChI is InChI=1S/C17H15ClN2O2/c1-12-6-2-3-7-13(12)10-11-16(21)19-20-17(22)14-8-4-5-9-15(14)18/h2-11H,1H3,(H,19,21)(H,20,22)/b11-10+. The van der Waals surface area contributed by atoms with Gasteiger partial charge in [-0.25, -0.2) is 0 Å². The van der Waals surface area contributed by atoms with E-state index in [0.717, 1.165) is 11.1 Å². The molecule has 0 saturated carbocycles. The quantitative estimate of drug-likeness (QED) is 0.675. The lowest BCUT2D eigenvalue weighted by Crippen LogP contribution is -2.40. The summed E-state index contributed by atoms with van der Waals surface area (Å²) in [5.41, 5.74) is 6.93. The monoisotopic (exact) mass is 314 g/mol. The molecule has 2 amide bonds. The fourth-order valence-electron chi connectivity index (χ4n) is 1.81. The summed E-state index contributed by atoms with van der Waals surface area (Å²) in [5.74, 6) is -0.896. The SMILES string of the molecule is Cc1ccccc1/C=C/C(=O)NNC(=O)c1ccccc1Cl. The van der Waals surface area contributed by atoms with E-state index in [1.54, 1.807) is 30.3 Å². The lowest BCUT2D eigenvalue weighted by molar-refractivity contribution is -0.117. The van der Waals surface area contributed by atoms with Crippen LogP contribution in [0.1, 0.15) is 21.5 Å². The van der Waals surface area contributed by atoms with Crippen LogP contribution in [0.25, 0.3) is 6.08 Å². The zero-order valence-electron chi connectivity index (χ0n) is 12.0. The van der Waals surface area contributed by atoms with Gasteiger partial charge in [-0.15, -0.1) is 0 Å². The van der Waals surface area contributed by atoms with E-state index in [1.807, 2.05) is 31.2 Å². The van der Waals surface area contributed by atoms with Crippen LogP contribution in [0.2, 0.25) is 5.02 Å². The summed E-state index contributed by atoms with van der Waals surface area (Å²) in [5, 5.41) is 0.324. The molecule has 2 rings (SSSR count). The van der Waals surface area contributed by atoms with Crippen molar-refractivity contribution < 1.29 is 9.59 Å². The van der Waals surface area contributed by atoms with E-state index in [2.05, 4.69) is 10.9 Å². The minimum Gasteiger partial charge on any atom is -0.268 e. The van der Waals surface area contributed by atoms with Crippen LogP contribution >= 0.6 is 11.6 Å². The number of halogens is 1. The van der Waals surface area contributed by atoms with Crippen LogP contribution in [0.4, 0.5) is 0 Å². The molecule has 0 fully saturated rings. The number of amides is 2. The predicted octanol–water partition coefficient (Wildman–Crippen LogP) is 3.12. The van der Waals surface area contributed by atoms with Crippen LogP contribution in [0.15, 0.2) is 54.6 Å². The topological polar surface area (TPSA) is 58.2 Å². The smallest absolute Gasteiger partial charge is 0.268 e. The van der Waals surface area contributed by atoms with Crippen molar-refractivity contribution in [1.29, 1.82) is 0 Å². The number of hydrogen-bond donors (Lipinski definition) is 2. The first-order chi connectivity index (χ1) is 10.6. The molecule has 22 heavy (non-hydrogen) atoms. The average Bonchev–Trinajstić information content (AvgIpc) is 2.52. The molecule has 4 nitrogen and oxygen atoms in total. The van der Waals surface area contributed by atoms with Gasteiger partial charge in [-0.05, 0) is 36.3 Å². The molecule has 2 N–H and O–H groups in total. The second kappa shape index (κ2) is 7.43. The van der Waals surface area contributed by atoms with Crippen molar-refractivity contribution in [2.24, 2.45) is 0 Å². The van der Waals surface area contributed by atoms with E-state index in [9.17, 15) is 9.59 Å². The number of carbonyl (C=O) groups is 2. The normalized spacial score (nSPS) is 10.5. The van der Waals surface area contributed by atoms with Gasteiger partial charge in [0.2, 0.25) is 0 Å². The summed E-state index contributed by atoms with van der Waals surface area (Å²) in [7, 11) is 0. The molecular weight excluding hydrogens is 300 g/mol. The van der Waals surface area contributed by atoms with Crippen molar-refractivity contribution >= 4 is 29.5 Å². The summed E-state index contributed by atoms with van der Waals surface area (Å²) in [4.78, 5) is 23.6. The van der Waals surface area contributed by atoms with E-state index in [4.69, 9.17) is 11.6 Å². The van der Waals surface area contributed by atoms with Crippen LogP contribution in [0, 0.1) is 6.92 Å². The highest BCUT2D eigenvalue weighted by Crippen LogP contribution is 2.14. The van der Waals surface area contributed by atoms with Gasteiger partial charge in [0, 0.05) is 6.08 Å². The number of nitrogens with one attached hydrogen (secondary N) is 2. The molecule has 0 heterocycles. The van der Waals surface area contributed by atoms with Gasteiger partial charge in [0.25, 0.3) is 11.8 Å². The Hall–Kier alpha value is -2.59. The highest BCUT2D eigenvalue weighted by molar-refractivity contribution is 6.33. The van der Waals surface area contributed by atoms with Gasteiger partial charge < -0.3 is 0 Å². The molecule has 112 valence electrons. The molecule has 0 aliphatic rings. The Balaban J connectivity index is 1.92. The molecule has 0 aromatic heterocycles. The van der Waals surface area contributed by atoms with Gasteiger partial charge in [0.1, 0.15) is 0 Å². The second-order valence-electron chi connectivity index (χ2n) is 4.61. The maximum absolute atomic E-state index is 11.9. The molecule has 0 unspecified atom stereocenters. The van der Waals surface area contributed by atoms with Crippen molar-refractivity contribution in [3.63, 3.8) is 0 Å². The third kappa shape index (κ3) is 4.20. The summed E-state index contributed by atoms with van der Waals surface area (Å²) < 4.78 is 0. The van der Waals surface area contributed by atoms with E-state index in [0.29, 0.717) is 10.6 Å². The molecule has 0 spiro atoms. The first-order valence-electron chi connectivity index (χ1n) is 6.66. The molecule has 0 bridgehead atoms. The van der Waals surface area contributed by atoms with Crippen molar-refractivity contribution in [3.8, 4) is 0 Å². The third-order valence-electron chi connectivity index (χ3n) is 3.02. The summed E-state index contributed by atoms with van der Waals surface area (Å²) >= 11 is 5.91. The Labute approximate surface area is 133 Å². The zero-order valence-corrected chi connectivity index (χ0v) is 12.7. The maximum atomic E-state index is 11.9. The van der Waals surface area contributed by atoms with Gasteiger partial charge in [-0.3, -0.25) is 20.4 Å². The van der Waals surface area contributed by atoms with Crippen molar-refractivity contribution in [2.75, 3.05) is 0 Å². The van der Waals surface area contributed by atoms with E-state index >= 15 is 0 Å². The molecule has 0 atom stereocenters. The minimum atomic E-state index is -0.469. The Bertz CT molecular complexity index is 726. The Morgan fingerprint density at radius 3 is 2.41 bits per heavy atom. The van der Waals surface area contributed by atoms with Crippen LogP contribution in [0.5, 0.6) is 0 Å². The van der Waals surface area contributed by atoms with Gasteiger partial charge in [-0.2, -0.15) is 0 Å². The molecule has 0 saturated heterocycles. The molecule has 0 aliphatic heterocycles. The van der Waals surface area contributed by atoms with Gasteiger partial charge in [0.05, 0.1) is 10.6 Å². The molecule has 2 aromatic carbocycles. The number of carbonyl (C=O) groups excluding carboxylic acids is 2. The number of hydrogen-bond acceptors (Lipinski definition) is 2. The van der Waals surface area contributed by atoms with Crippen LogP contribution in [-0.2, 0) is 4.79 Å². The van der Waals surface area contributed by atoms with Gasteiger partial charge in [-0.1, -0.05) is 48.0 Å². The molecule has 2 aromatic rings. The van der Waals surface area contributed by atoms with Crippen molar-refractivity contribution in [1.82, 2.24) is 10.9 Å². The predicted molar refractivity (Wildman–Crippen MR) is 87.3 cm³/mol. The average molecular weight is 315 g/mol. The summed E-state index contributed by atoms with van der Waals surface area (Å²) in [6.45, 7) is 1.96. The fraction of sp³-hybridized carbons (Fsp3) is 0.0588. The Kier molecular flexibility index (Phi) is 5.33. The van der Waals surface area contributed by atoms with Crippen molar-refractivity contribution in [2.45, 2.75) is 6.92 Å². The second-order valence-corrected chi connectivity index (χ2v) is 5.02. The first kappa shape index (κ1) is 15.8. The number of rotatable bonds is 3. The van der Waals surface area contributed by atoms with Crippen molar-refractivity contribution in [3.05, 3.63) is 76.3 Å². The van der Waals surface area contributed by atoms with Gasteiger partial charge in [0.15, 0.2) is 0 Å². The molecule has 0 radical (unpaired) electrons. The molecule has 0 aliphatic carbocycles. The van der Waals surface area contributed by atoms with Crippen LogP contribution in [0.3, 0.4) is 0 Å². The summed E-state index contributed by atoms with van der Waals surface area (Å²) in [6.07, 6.45) is 3.04. The summed E-state index contributed by atoms with van der Waals surface area (Å²) in [6, 6.07) is 14.3. The number of benzene rings is 2. The highest BCUT2D eigenvalue weighted by atomic mass is 35.5. The molecular formula is C17H15ClN2O2. The lowest BCUT2D eigenvalue weighted by atomic mass is 10.1. The van der Waals surface area contributed by atoms with E-state index < -0.39 is 11.8 Å². The van der Waals surface area contributed by atoms with E-state index in [-0.39, 0.29) is 0 Å². The zero-order chi connectivity index (χ0) is 15.9. The Morgan fingerprint density at radius 1 is 1.00 bits per heavy atom. The van der Waals surface area contributed by atoms with Crippen LogP contribution in [-0.4, -0.2) is 11.8 Å².